The minimum atomic E-state index is -3.65. The second-order valence-electron chi connectivity index (χ2n) is 6.22. The molecule has 0 bridgehead atoms. The van der Waals surface area contributed by atoms with Gasteiger partial charge < -0.3 is 9.53 Å². The minimum absolute atomic E-state index is 0.0194. The Labute approximate surface area is 155 Å². The number of carbonyl (C=O) groups excluding carboxylic acids is 1. The zero-order chi connectivity index (χ0) is 19.0. The van der Waals surface area contributed by atoms with Crippen LogP contribution in [0.15, 0.2) is 18.5 Å². The zero-order valence-corrected chi connectivity index (χ0v) is 16.0. The van der Waals surface area contributed by atoms with E-state index in [2.05, 4.69) is 21.8 Å². The first-order valence-corrected chi connectivity index (χ1v) is 10.2. The van der Waals surface area contributed by atoms with Crippen molar-refractivity contribution in [2.45, 2.75) is 50.9 Å². The van der Waals surface area contributed by atoms with E-state index < -0.39 is 15.3 Å². The van der Waals surface area contributed by atoms with Gasteiger partial charge in [-0.1, -0.05) is 5.92 Å². The summed E-state index contributed by atoms with van der Waals surface area (Å²) in [5.41, 5.74) is 0. The van der Waals surface area contributed by atoms with Gasteiger partial charge in [0, 0.05) is 31.9 Å². The summed E-state index contributed by atoms with van der Waals surface area (Å²) < 4.78 is 33.4. The standard InChI is InChI=1S/C18H25N3O4S/c1-3-4-14-25-16-8-12-21(13-9-16)26(23,24)17(7-6-15(2)22)18-19-10-5-11-20-18/h5,10-11,16-17H,6-9,12-14H2,1-2H3. The second kappa shape index (κ2) is 9.76. The summed E-state index contributed by atoms with van der Waals surface area (Å²) in [5, 5.41) is -0.906. The van der Waals surface area contributed by atoms with E-state index in [1.54, 1.807) is 13.0 Å². The van der Waals surface area contributed by atoms with E-state index >= 15 is 0 Å². The molecule has 2 rings (SSSR count). The number of rotatable bonds is 8. The Morgan fingerprint density at radius 3 is 2.58 bits per heavy atom. The summed E-state index contributed by atoms with van der Waals surface area (Å²) in [5.74, 6) is 5.82. The molecule has 0 saturated carbocycles. The molecule has 2 heterocycles. The molecule has 1 saturated heterocycles. The molecule has 26 heavy (non-hydrogen) atoms. The predicted octanol–water partition coefficient (Wildman–Crippen LogP) is 1.72. The van der Waals surface area contributed by atoms with Crippen LogP contribution in [0.1, 0.15) is 50.6 Å². The van der Waals surface area contributed by atoms with E-state index in [1.165, 1.54) is 23.6 Å². The van der Waals surface area contributed by atoms with Gasteiger partial charge in [-0.2, -0.15) is 0 Å². The molecule has 1 atom stereocenters. The highest BCUT2D eigenvalue weighted by Gasteiger charge is 2.37. The van der Waals surface area contributed by atoms with E-state index in [4.69, 9.17) is 4.74 Å². The molecule has 0 radical (unpaired) electrons. The average molecular weight is 379 g/mol. The lowest BCUT2D eigenvalue weighted by Crippen LogP contribution is -2.43. The third-order valence-electron chi connectivity index (χ3n) is 4.32. The van der Waals surface area contributed by atoms with E-state index in [-0.39, 0.29) is 30.6 Å². The van der Waals surface area contributed by atoms with Gasteiger partial charge >= 0.3 is 0 Å². The first-order valence-electron chi connectivity index (χ1n) is 8.71. The van der Waals surface area contributed by atoms with Crippen LogP contribution >= 0.6 is 0 Å². The molecule has 1 aliphatic heterocycles. The lowest BCUT2D eigenvalue weighted by atomic mass is 10.1. The summed E-state index contributed by atoms with van der Waals surface area (Å²) in [4.78, 5) is 19.6. The topological polar surface area (TPSA) is 89.5 Å². The molecule has 1 aliphatic rings. The van der Waals surface area contributed by atoms with Crippen molar-refractivity contribution < 1.29 is 17.9 Å². The van der Waals surface area contributed by atoms with E-state index in [1.807, 2.05) is 0 Å². The molecule has 1 aromatic rings. The third-order valence-corrected chi connectivity index (χ3v) is 6.57. The van der Waals surface area contributed by atoms with Crippen LogP contribution in [0.25, 0.3) is 0 Å². The number of hydrogen-bond acceptors (Lipinski definition) is 6. The number of carbonyl (C=O) groups is 1. The summed E-state index contributed by atoms with van der Waals surface area (Å²) in [6.07, 6.45) is 4.67. The molecule has 0 N–H and O–H groups in total. The lowest BCUT2D eigenvalue weighted by molar-refractivity contribution is -0.117. The van der Waals surface area contributed by atoms with Crippen molar-refractivity contribution in [2.75, 3.05) is 19.7 Å². The van der Waals surface area contributed by atoms with Gasteiger partial charge in [0.25, 0.3) is 0 Å². The van der Waals surface area contributed by atoms with Crippen molar-refractivity contribution in [3.05, 3.63) is 24.3 Å². The highest BCUT2D eigenvalue weighted by molar-refractivity contribution is 7.89. The Morgan fingerprint density at radius 1 is 1.35 bits per heavy atom. The number of hydrogen-bond donors (Lipinski definition) is 0. The number of Topliss-reactive ketones (excluding diaryl/α,β-unsaturated/α-hetero) is 1. The molecule has 7 nitrogen and oxygen atoms in total. The van der Waals surface area contributed by atoms with Gasteiger partial charge in [-0.15, -0.1) is 5.92 Å². The largest absolute Gasteiger partial charge is 0.365 e. The van der Waals surface area contributed by atoms with Gasteiger partial charge in [0.15, 0.2) is 0 Å². The van der Waals surface area contributed by atoms with Crippen LogP contribution in [-0.4, -0.2) is 54.3 Å². The average Bonchev–Trinajstić information content (AvgIpc) is 2.63. The van der Waals surface area contributed by atoms with Crippen molar-refractivity contribution in [3.63, 3.8) is 0 Å². The Hall–Kier alpha value is -1.82. The van der Waals surface area contributed by atoms with Gasteiger partial charge in [0.05, 0.1) is 6.10 Å². The number of nitrogens with zero attached hydrogens (tertiary/aromatic N) is 3. The molecule has 8 heteroatoms. The molecule has 0 aliphatic carbocycles. The molecule has 1 fully saturated rings. The first-order chi connectivity index (χ1) is 12.4. The normalized spacial score (nSPS) is 17.3. The van der Waals surface area contributed by atoms with E-state index in [0.717, 1.165) is 0 Å². The summed E-state index contributed by atoms with van der Waals surface area (Å²) >= 11 is 0. The summed E-state index contributed by atoms with van der Waals surface area (Å²) in [6.45, 7) is 4.35. The summed E-state index contributed by atoms with van der Waals surface area (Å²) in [6, 6.07) is 1.64. The van der Waals surface area contributed by atoms with Crippen molar-refractivity contribution >= 4 is 15.8 Å². The maximum atomic E-state index is 13.1. The molecule has 1 unspecified atom stereocenters. The van der Waals surface area contributed by atoms with Gasteiger partial charge in [-0.05, 0) is 39.2 Å². The van der Waals surface area contributed by atoms with Gasteiger partial charge in [-0.25, -0.2) is 22.7 Å². The van der Waals surface area contributed by atoms with Crippen LogP contribution in [0, 0.1) is 11.8 Å². The van der Waals surface area contributed by atoms with Crippen molar-refractivity contribution in [1.29, 1.82) is 0 Å². The summed E-state index contributed by atoms with van der Waals surface area (Å²) in [7, 11) is -3.65. The van der Waals surface area contributed by atoms with Crippen LogP contribution in [0.4, 0.5) is 0 Å². The molecule has 1 aromatic heterocycles. The highest BCUT2D eigenvalue weighted by Crippen LogP contribution is 2.30. The molecule has 0 aromatic carbocycles. The fraction of sp³-hybridized carbons (Fsp3) is 0.611. The Kier molecular flexibility index (Phi) is 7.69. The first kappa shape index (κ1) is 20.5. The SMILES string of the molecule is CC#CCOC1CCN(S(=O)(=O)C(CCC(C)=O)c2ncccn2)CC1. The Morgan fingerprint density at radius 2 is 2.00 bits per heavy atom. The number of aromatic nitrogens is 2. The number of ketones is 1. The van der Waals surface area contributed by atoms with Crippen LogP contribution in [-0.2, 0) is 19.6 Å². The molecule has 0 amide bonds. The fourth-order valence-corrected chi connectivity index (χ4v) is 4.77. The van der Waals surface area contributed by atoms with Gasteiger partial charge in [0.2, 0.25) is 10.0 Å². The van der Waals surface area contributed by atoms with Crippen molar-refractivity contribution in [1.82, 2.24) is 14.3 Å². The predicted molar refractivity (Wildman–Crippen MR) is 97.6 cm³/mol. The minimum Gasteiger partial charge on any atom is -0.365 e. The fourth-order valence-electron chi connectivity index (χ4n) is 2.89. The quantitative estimate of drug-likeness (QED) is 0.639. The van der Waals surface area contributed by atoms with Crippen LogP contribution in [0.3, 0.4) is 0 Å². The highest BCUT2D eigenvalue weighted by atomic mass is 32.2. The molecular formula is C18H25N3O4S. The molecule has 142 valence electrons. The number of sulfonamides is 1. The second-order valence-corrected chi connectivity index (χ2v) is 8.33. The number of ether oxygens (including phenoxy) is 1. The Bertz CT molecular complexity index is 748. The molecular weight excluding hydrogens is 354 g/mol. The van der Waals surface area contributed by atoms with E-state index in [9.17, 15) is 13.2 Å². The monoisotopic (exact) mass is 379 g/mol. The molecule has 0 spiro atoms. The third kappa shape index (κ3) is 5.59. The van der Waals surface area contributed by atoms with E-state index in [0.29, 0.717) is 32.5 Å². The maximum absolute atomic E-state index is 13.1. The van der Waals surface area contributed by atoms with Crippen molar-refractivity contribution in [3.8, 4) is 11.8 Å². The van der Waals surface area contributed by atoms with Crippen LogP contribution in [0.2, 0.25) is 0 Å². The van der Waals surface area contributed by atoms with Gasteiger partial charge in [0.1, 0.15) is 23.5 Å². The maximum Gasteiger partial charge on any atom is 0.224 e. The van der Waals surface area contributed by atoms with Gasteiger partial charge in [-0.3, -0.25) is 0 Å². The smallest absolute Gasteiger partial charge is 0.224 e. The zero-order valence-electron chi connectivity index (χ0n) is 15.2. The number of piperidine rings is 1. The lowest BCUT2D eigenvalue weighted by Gasteiger charge is -2.33. The van der Waals surface area contributed by atoms with Crippen LogP contribution in [0.5, 0.6) is 0 Å². The Balaban J connectivity index is 2.09. The van der Waals surface area contributed by atoms with Crippen LogP contribution < -0.4 is 0 Å². The van der Waals surface area contributed by atoms with Crippen molar-refractivity contribution in [2.24, 2.45) is 0 Å².